The lowest BCUT2D eigenvalue weighted by Crippen LogP contribution is -2.20. The smallest absolute Gasteiger partial charge is 0.120 e. The summed E-state index contributed by atoms with van der Waals surface area (Å²) in [5.41, 5.74) is 1.59. The van der Waals surface area contributed by atoms with Gasteiger partial charge in [0.15, 0.2) is 0 Å². The third-order valence-corrected chi connectivity index (χ3v) is 6.77. The fourth-order valence-corrected chi connectivity index (χ4v) is 4.40. The second kappa shape index (κ2) is 21.2. The first kappa shape index (κ1) is 31.7. The standard InChI is InChI=1S/C22H46.C9H10O2/c1-6-8-10-11-12-13-14-15-16-17-18-20-21(19-9-7-2)22(3,4)5;10-7-1-2-8-3-5-9(11)6-4-8/h21H,6-20H2,1-5H3;3-7,11H,1-2H2. The van der Waals surface area contributed by atoms with E-state index >= 15 is 0 Å². The number of benzene rings is 1. The molecule has 0 saturated carbocycles. The van der Waals surface area contributed by atoms with Gasteiger partial charge in [-0.15, -0.1) is 0 Å². The Kier molecular flexibility index (Phi) is 20.4. The lowest BCUT2D eigenvalue weighted by atomic mass is 9.75. The van der Waals surface area contributed by atoms with Crippen molar-refractivity contribution in [3.8, 4) is 5.75 Å². The molecule has 1 rings (SSSR count). The number of unbranched alkanes of at least 4 members (excludes halogenated alkanes) is 11. The molecule has 0 radical (unpaired) electrons. The van der Waals surface area contributed by atoms with Crippen molar-refractivity contribution in [1.82, 2.24) is 0 Å². The molecule has 1 atom stereocenters. The minimum absolute atomic E-state index is 0.264. The number of hydrogen-bond acceptors (Lipinski definition) is 2. The van der Waals surface area contributed by atoms with Crippen molar-refractivity contribution in [1.29, 1.82) is 0 Å². The van der Waals surface area contributed by atoms with Crippen LogP contribution in [-0.2, 0) is 11.2 Å². The van der Waals surface area contributed by atoms with E-state index in [4.69, 9.17) is 5.11 Å². The first-order valence-corrected chi connectivity index (χ1v) is 14.1. The van der Waals surface area contributed by atoms with E-state index < -0.39 is 0 Å². The van der Waals surface area contributed by atoms with E-state index in [9.17, 15) is 4.79 Å². The predicted octanol–water partition coefficient (Wildman–Crippen LogP) is 10.1. The van der Waals surface area contributed by atoms with Crippen LogP contribution in [-0.4, -0.2) is 11.4 Å². The molecule has 0 aliphatic heterocycles. The molecule has 0 aliphatic carbocycles. The first-order chi connectivity index (χ1) is 15.8. The summed E-state index contributed by atoms with van der Waals surface area (Å²) < 4.78 is 0. The molecule has 0 aromatic heterocycles. The molecule has 0 bridgehead atoms. The molecule has 1 aromatic rings. The molecule has 0 fully saturated rings. The number of rotatable bonds is 18. The van der Waals surface area contributed by atoms with Crippen LogP contribution in [0, 0.1) is 11.3 Å². The summed E-state index contributed by atoms with van der Waals surface area (Å²) in [5.74, 6) is 1.20. The van der Waals surface area contributed by atoms with Gasteiger partial charge >= 0.3 is 0 Å². The Morgan fingerprint density at radius 3 is 1.64 bits per heavy atom. The minimum Gasteiger partial charge on any atom is -0.508 e. The molecule has 1 N–H and O–H groups in total. The highest BCUT2D eigenvalue weighted by Gasteiger charge is 2.23. The Morgan fingerprint density at radius 1 is 0.727 bits per heavy atom. The summed E-state index contributed by atoms with van der Waals surface area (Å²) in [4.78, 5) is 10.00. The topological polar surface area (TPSA) is 37.3 Å². The van der Waals surface area contributed by atoms with Crippen LogP contribution < -0.4 is 0 Å². The summed E-state index contributed by atoms with van der Waals surface area (Å²) >= 11 is 0. The highest BCUT2D eigenvalue weighted by atomic mass is 16.3. The molecule has 33 heavy (non-hydrogen) atoms. The van der Waals surface area contributed by atoms with Gasteiger partial charge in [-0.3, -0.25) is 0 Å². The number of aromatic hydroxyl groups is 1. The largest absolute Gasteiger partial charge is 0.508 e. The summed E-state index contributed by atoms with van der Waals surface area (Å²) in [6.45, 7) is 11.9. The van der Waals surface area contributed by atoms with Crippen LogP contribution in [0.2, 0.25) is 0 Å². The highest BCUT2D eigenvalue weighted by molar-refractivity contribution is 5.50. The number of hydrogen-bond donors (Lipinski definition) is 1. The average Bonchev–Trinajstić information content (AvgIpc) is 2.78. The van der Waals surface area contributed by atoms with Gasteiger partial charge in [0.2, 0.25) is 0 Å². The van der Waals surface area contributed by atoms with Gasteiger partial charge < -0.3 is 9.90 Å². The van der Waals surface area contributed by atoms with Gasteiger partial charge in [0, 0.05) is 6.42 Å². The van der Waals surface area contributed by atoms with Gasteiger partial charge in [0.05, 0.1) is 0 Å². The second-order valence-corrected chi connectivity index (χ2v) is 10.9. The Morgan fingerprint density at radius 2 is 1.18 bits per heavy atom. The maximum Gasteiger partial charge on any atom is 0.120 e. The van der Waals surface area contributed by atoms with Crippen molar-refractivity contribution in [2.75, 3.05) is 0 Å². The van der Waals surface area contributed by atoms with E-state index in [1.54, 1.807) is 12.1 Å². The molecular weight excluding hydrogens is 404 g/mol. The van der Waals surface area contributed by atoms with E-state index in [0.29, 0.717) is 11.8 Å². The minimum atomic E-state index is 0.264. The van der Waals surface area contributed by atoms with Crippen LogP contribution >= 0.6 is 0 Å². The number of aryl methyl sites for hydroxylation is 1. The Hall–Kier alpha value is -1.31. The van der Waals surface area contributed by atoms with Gasteiger partial charge in [0.1, 0.15) is 12.0 Å². The van der Waals surface area contributed by atoms with Crippen molar-refractivity contribution in [2.24, 2.45) is 11.3 Å². The molecule has 0 amide bonds. The van der Waals surface area contributed by atoms with E-state index in [2.05, 4.69) is 34.6 Å². The van der Waals surface area contributed by atoms with E-state index in [1.165, 1.54) is 96.3 Å². The van der Waals surface area contributed by atoms with Crippen molar-refractivity contribution in [2.45, 2.75) is 144 Å². The van der Waals surface area contributed by atoms with Gasteiger partial charge in [-0.25, -0.2) is 0 Å². The van der Waals surface area contributed by atoms with E-state index in [1.807, 2.05) is 12.1 Å². The van der Waals surface area contributed by atoms with Crippen molar-refractivity contribution < 1.29 is 9.90 Å². The number of carbonyl (C=O) groups is 1. The highest BCUT2D eigenvalue weighted by Crippen LogP contribution is 2.34. The zero-order valence-corrected chi connectivity index (χ0v) is 22.8. The lowest BCUT2D eigenvalue weighted by Gasteiger charge is -2.31. The van der Waals surface area contributed by atoms with E-state index in [-0.39, 0.29) is 5.75 Å². The first-order valence-electron chi connectivity index (χ1n) is 14.1. The number of phenolic OH excluding ortho intramolecular Hbond substituents is 1. The Bertz CT molecular complexity index is 541. The SMILES string of the molecule is CCCCCCCCCCCCCC(CCCC)C(C)(C)C.O=CCCc1ccc(O)cc1. The molecule has 2 heteroatoms. The fraction of sp³-hybridized carbons (Fsp3) is 0.774. The number of phenols is 1. The Labute approximate surface area is 207 Å². The van der Waals surface area contributed by atoms with Crippen molar-refractivity contribution in [3.63, 3.8) is 0 Å². The molecular formula is C31H56O2. The third kappa shape index (κ3) is 19.8. The second-order valence-electron chi connectivity index (χ2n) is 10.9. The average molecular weight is 461 g/mol. The van der Waals surface area contributed by atoms with Crippen LogP contribution in [0.3, 0.4) is 0 Å². The Balaban J connectivity index is 0.000000771. The van der Waals surface area contributed by atoms with Gasteiger partial charge in [0.25, 0.3) is 0 Å². The summed E-state index contributed by atoms with van der Waals surface area (Å²) in [7, 11) is 0. The molecule has 2 nitrogen and oxygen atoms in total. The van der Waals surface area contributed by atoms with Crippen LogP contribution in [0.15, 0.2) is 24.3 Å². The third-order valence-electron chi connectivity index (χ3n) is 6.77. The van der Waals surface area contributed by atoms with Gasteiger partial charge in [-0.2, -0.15) is 0 Å². The molecule has 192 valence electrons. The quantitative estimate of drug-likeness (QED) is 0.175. The maximum atomic E-state index is 10.00. The zero-order chi connectivity index (χ0) is 24.8. The molecule has 0 aliphatic rings. The summed E-state index contributed by atoms with van der Waals surface area (Å²) in [6.07, 6.45) is 23.9. The summed E-state index contributed by atoms with van der Waals surface area (Å²) in [6, 6.07) is 6.89. The number of aldehydes is 1. The van der Waals surface area contributed by atoms with Gasteiger partial charge in [-0.1, -0.05) is 130 Å². The molecule has 1 unspecified atom stereocenters. The molecule has 0 spiro atoms. The molecule has 1 aromatic carbocycles. The van der Waals surface area contributed by atoms with Crippen molar-refractivity contribution in [3.05, 3.63) is 29.8 Å². The normalized spacial score (nSPS) is 12.2. The zero-order valence-electron chi connectivity index (χ0n) is 22.8. The van der Waals surface area contributed by atoms with Crippen LogP contribution in [0.5, 0.6) is 5.75 Å². The molecule has 0 heterocycles. The molecule has 0 saturated heterocycles. The number of carbonyl (C=O) groups excluding carboxylic acids is 1. The van der Waals surface area contributed by atoms with Crippen molar-refractivity contribution >= 4 is 6.29 Å². The van der Waals surface area contributed by atoms with Crippen LogP contribution in [0.25, 0.3) is 0 Å². The predicted molar refractivity (Wildman–Crippen MR) is 146 cm³/mol. The fourth-order valence-electron chi connectivity index (χ4n) is 4.40. The van der Waals surface area contributed by atoms with Crippen LogP contribution in [0.1, 0.15) is 143 Å². The maximum absolute atomic E-state index is 10.00. The lowest BCUT2D eigenvalue weighted by molar-refractivity contribution is -0.107. The van der Waals surface area contributed by atoms with E-state index in [0.717, 1.165) is 24.2 Å². The monoisotopic (exact) mass is 460 g/mol. The van der Waals surface area contributed by atoms with Gasteiger partial charge in [-0.05, 0) is 48.3 Å². The van der Waals surface area contributed by atoms with Crippen LogP contribution in [0.4, 0.5) is 0 Å². The summed E-state index contributed by atoms with van der Waals surface area (Å²) in [5, 5.41) is 8.91.